The summed E-state index contributed by atoms with van der Waals surface area (Å²) in [4.78, 5) is 29.0. The summed E-state index contributed by atoms with van der Waals surface area (Å²) in [7, 11) is 2.12. The number of nitro groups is 1. The van der Waals surface area contributed by atoms with Crippen molar-refractivity contribution in [1.82, 2.24) is 4.90 Å². The van der Waals surface area contributed by atoms with Crippen LogP contribution in [0.1, 0.15) is 30.6 Å². The van der Waals surface area contributed by atoms with Crippen LogP contribution in [0.2, 0.25) is 0 Å². The van der Waals surface area contributed by atoms with Crippen LogP contribution in [0.15, 0.2) is 47.4 Å². The van der Waals surface area contributed by atoms with Gasteiger partial charge in [0.05, 0.1) is 9.82 Å². The van der Waals surface area contributed by atoms with Crippen LogP contribution in [0, 0.1) is 16.0 Å². The molecular formula is C23H30N4O3S. The molecule has 0 spiro atoms. The number of benzene rings is 2. The number of rotatable bonds is 8. The maximum atomic E-state index is 12.7. The van der Waals surface area contributed by atoms with Crippen molar-refractivity contribution in [3.8, 4) is 0 Å². The third-order valence-electron chi connectivity index (χ3n) is 5.36. The Hall–Kier alpha value is -2.58. The molecule has 1 saturated heterocycles. The fourth-order valence-corrected chi connectivity index (χ4v) is 4.61. The molecule has 1 aliphatic heterocycles. The molecule has 0 radical (unpaired) electrons. The second kappa shape index (κ2) is 10.6. The highest BCUT2D eigenvalue weighted by Gasteiger charge is 2.19. The van der Waals surface area contributed by atoms with Gasteiger partial charge in [-0.25, -0.2) is 0 Å². The predicted octanol–water partition coefficient (Wildman–Crippen LogP) is 4.74. The van der Waals surface area contributed by atoms with E-state index in [1.54, 1.807) is 12.1 Å². The van der Waals surface area contributed by atoms with E-state index < -0.39 is 4.92 Å². The second-order valence-corrected chi connectivity index (χ2v) is 9.40. The minimum absolute atomic E-state index is 0.0215. The van der Waals surface area contributed by atoms with Gasteiger partial charge in [0.25, 0.3) is 11.6 Å². The highest BCUT2D eigenvalue weighted by molar-refractivity contribution is 7.99. The van der Waals surface area contributed by atoms with Gasteiger partial charge in [0.15, 0.2) is 0 Å². The first-order valence-corrected chi connectivity index (χ1v) is 11.6. The molecular weight excluding hydrogens is 412 g/mol. The van der Waals surface area contributed by atoms with Crippen molar-refractivity contribution in [2.75, 3.05) is 49.2 Å². The van der Waals surface area contributed by atoms with Gasteiger partial charge in [-0.1, -0.05) is 13.8 Å². The molecule has 8 heteroatoms. The topological polar surface area (TPSA) is 78.7 Å². The van der Waals surface area contributed by atoms with Crippen molar-refractivity contribution in [3.63, 3.8) is 0 Å². The minimum atomic E-state index is -0.417. The monoisotopic (exact) mass is 442 g/mol. The van der Waals surface area contributed by atoms with Gasteiger partial charge in [0.1, 0.15) is 0 Å². The number of thioether (sulfide) groups is 1. The van der Waals surface area contributed by atoms with Crippen molar-refractivity contribution in [1.29, 1.82) is 0 Å². The van der Waals surface area contributed by atoms with Gasteiger partial charge in [-0.2, -0.15) is 0 Å². The summed E-state index contributed by atoms with van der Waals surface area (Å²) < 4.78 is 0. The van der Waals surface area contributed by atoms with E-state index in [-0.39, 0.29) is 17.2 Å². The number of anilines is 2. The van der Waals surface area contributed by atoms with E-state index in [4.69, 9.17) is 0 Å². The van der Waals surface area contributed by atoms with Crippen molar-refractivity contribution < 1.29 is 9.72 Å². The van der Waals surface area contributed by atoms with Crippen LogP contribution in [-0.4, -0.2) is 54.7 Å². The Labute approximate surface area is 188 Å². The molecule has 0 atom stereocenters. The molecule has 0 aromatic heterocycles. The number of likely N-dealkylation sites (N-methyl/N-ethyl adjacent to an activating group) is 1. The van der Waals surface area contributed by atoms with Gasteiger partial charge in [0.2, 0.25) is 0 Å². The van der Waals surface area contributed by atoms with E-state index in [1.165, 1.54) is 17.8 Å². The summed E-state index contributed by atoms with van der Waals surface area (Å²) in [6, 6.07) is 12.4. The Morgan fingerprint density at radius 3 is 2.42 bits per heavy atom. The maximum Gasteiger partial charge on any atom is 0.283 e. The van der Waals surface area contributed by atoms with Crippen LogP contribution in [0.4, 0.5) is 17.1 Å². The van der Waals surface area contributed by atoms with Crippen molar-refractivity contribution >= 4 is 34.7 Å². The molecule has 1 aliphatic rings. The summed E-state index contributed by atoms with van der Waals surface area (Å²) in [6.45, 7) is 8.27. The molecule has 0 bridgehead atoms. The number of carbonyl (C=O) groups excluding carboxylic acids is 1. The lowest BCUT2D eigenvalue weighted by atomic mass is 10.1. The standard InChI is InChI=1S/C23H30N4O3S/c1-17(2)10-15-31-22-9-4-18(16-21(22)27(29)30)23(28)24-19-5-7-20(8-6-19)26-13-11-25(3)12-14-26/h4-9,16-17H,10-15H2,1-3H3,(H,24,28). The highest BCUT2D eigenvalue weighted by atomic mass is 32.2. The molecule has 1 N–H and O–H groups in total. The van der Waals surface area contributed by atoms with Gasteiger partial charge in [-0.05, 0) is 61.5 Å². The van der Waals surface area contributed by atoms with Gasteiger partial charge in [0, 0.05) is 49.2 Å². The quantitative estimate of drug-likeness (QED) is 0.361. The lowest BCUT2D eigenvalue weighted by molar-refractivity contribution is -0.387. The fraction of sp³-hybridized carbons (Fsp3) is 0.435. The molecule has 1 fully saturated rings. The largest absolute Gasteiger partial charge is 0.369 e. The SMILES string of the molecule is CC(C)CCSc1ccc(C(=O)Nc2ccc(N3CCN(C)CC3)cc2)cc1[N+](=O)[O-]. The molecule has 0 aliphatic carbocycles. The molecule has 7 nitrogen and oxygen atoms in total. The molecule has 2 aromatic carbocycles. The molecule has 1 amide bonds. The molecule has 2 aromatic rings. The van der Waals surface area contributed by atoms with Crippen molar-refractivity contribution in [2.45, 2.75) is 25.2 Å². The van der Waals surface area contributed by atoms with Crippen LogP contribution in [0.3, 0.4) is 0 Å². The predicted molar refractivity (Wildman–Crippen MR) is 127 cm³/mol. The van der Waals surface area contributed by atoms with Crippen molar-refractivity contribution in [2.24, 2.45) is 5.92 Å². The zero-order valence-corrected chi connectivity index (χ0v) is 19.2. The normalized spacial score (nSPS) is 14.6. The first kappa shape index (κ1) is 23.1. The summed E-state index contributed by atoms with van der Waals surface area (Å²) in [6.07, 6.45) is 0.980. The first-order chi connectivity index (χ1) is 14.8. The minimum Gasteiger partial charge on any atom is -0.369 e. The summed E-state index contributed by atoms with van der Waals surface area (Å²) in [5, 5.41) is 14.4. The smallest absolute Gasteiger partial charge is 0.283 e. The highest BCUT2D eigenvalue weighted by Crippen LogP contribution is 2.31. The summed E-state index contributed by atoms with van der Waals surface area (Å²) in [5.74, 6) is 0.998. The van der Waals surface area contributed by atoms with Gasteiger partial charge >= 0.3 is 0 Å². The molecule has 3 rings (SSSR count). The third-order valence-corrected chi connectivity index (χ3v) is 6.46. The van der Waals surface area contributed by atoms with Crippen LogP contribution < -0.4 is 10.2 Å². The number of amides is 1. The Bertz CT molecular complexity index is 910. The van der Waals surface area contributed by atoms with Gasteiger partial charge in [-0.15, -0.1) is 11.8 Å². The lowest BCUT2D eigenvalue weighted by Gasteiger charge is -2.34. The first-order valence-electron chi connectivity index (χ1n) is 10.6. The van der Waals surface area contributed by atoms with E-state index >= 15 is 0 Å². The molecule has 0 unspecified atom stereocenters. The van der Waals surface area contributed by atoms with E-state index in [0.29, 0.717) is 16.5 Å². The number of carbonyl (C=O) groups is 1. The molecule has 166 valence electrons. The van der Waals surface area contributed by atoms with E-state index in [9.17, 15) is 14.9 Å². The number of hydrogen-bond donors (Lipinski definition) is 1. The lowest BCUT2D eigenvalue weighted by Crippen LogP contribution is -2.44. The average Bonchev–Trinajstić information content (AvgIpc) is 2.74. The number of nitro benzene ring substituents is 1. The Morgan fingerprint density at radius 2 is 1.81 bits per heavy atom. The van der Waals surface area contributed by atoms with Crippen LogP contribution in [0.25, 0.3) is 0 Å². The number of nitrogens with one attached hydrogen (secondary N) is 1. The Balaban J connectivity index is 1.65. The Morgan fingerprint density at radius 1 is 1.13 bits per heavy atom. The molecule has 1 heterocycles. The second-order valence-electron chi connectivity index (χ2n) is 8.26. The van der Waals surface area contributed by atoms with Crippen LogP contribution >= 0.6 is 11.8 Å². The zero-order valence-electron chi connectivity index (χ0n) is 18.3. The average molecular weight is 443 g/mol. The van der Waals surface area contributed by atoms with Crippen LogP contribution in [0.5, 0.6) is 0 Å². The van der Waals surface area contributed by atoms with Crippen LogP contribution in [-0.2, 0) is 0 Å². The van der Waals surface area contributed by atoms with E-state index in [2.05, 4.69) is 36.0 Å². The summed E-state index contributed by atoms with van der Waals surface area (Å²) in [5.41, 5.74) is 2.06. The summed E-state index contributed by atoms with van der Waals surface area (Å²) >= 11 is 1.46. The number of piperazine rings is 1. The number of hydrogen-bond acceptors (Lipinski definition) is 6. The molecule has 0 saturated carbocycles. The molecule has 31 heavy (non-hydrogen) atoms. The van der Waals surface area contributed by atoms with Crippen molar-refractivity contribution in [3.05, 3.63) is 58.1 Å². The fourth-order valence-electron chi connectivity index (χ4n) is 3.35. The van der Waals surface area contributed by atoms with Gasteiger partial charge < -0.3 is 15.1 Å². The van der Waals surface area contributed by atoms with E-state index in [1.807, 2.05) is 24.3 Å². The third kappa shape index (κ3) is 6.45. The Kier molecular flexibility index (Phi) is 7.92. The van der Waals surface area contributed by atoms with E-state index in [0.717, 1.165) is 44.0 Å². The van der Waals surface area contributed by atoms with Gasteiger partial charge in [-0.3, -0.25) is 14.9 Å². The zero-order chi connectivity index (χ0) is 22.4. The number of nitrogens with zero attached hydrogens (tertiary/aromatic N) is 3. The maximum absolute atomic E-state index is 12.7.